The van der Waals surface area contributed by atoms with Crippen LogP contribution in [-0.4, -0.2) is 52.3 Å². The maximum absolute atomic E-state index is 13.8. The molecule has 3 heterocycles. The summed E-state index contributed by atoms with van der Waals surface area (Å²) in [7, 11) is 0. The van der Waals surface area contributed by atoms with Crippen LogP contribution in [-0.2, 0) is 0 Å². The molecular weight excluding hydrogens is 505 g/mol. The lowest BCUT2D eigenvalue weighted by Crippen LogP contribution is -2.39. The van der Waals surface area contributed by atoms with Crippen molar-refractivity contribution in [1.29, 1.82) is 5.41 Å². The molecule has 0 amide bonds. The monoisotopic (exact) mass is 522 g/mol. The summed E-state index contributed by atoms with van der Waals surface area (Å²) in [6.07, 6.45) is 3.48. The van der Waals surface area contributed by atoms with Crippen LogP contribution in [0.5, 0.6) is 0 Å². The van der Waals surface area contributed by atoms with E-state index in [1.54, 1.807) is 16.5 Å². The first kappa shape index (κ1) is 24.7. The Morgan fingerprint density at radius 3 is 2.91 bits per heavy atom. The van der Waals surface area contributed by atoms with E-state index < -0.39 is 30.6 Å². The molecule has 2 aliphatic heterocycles. The van der Waals surface area contributed by atoms with Gasteiger partial charge in [0.2, 0.25) is 0 Å². The Balaban J connectivity index is 2.01. The number of azide groups is 1. The van der Waals surface area contributed by atoms with Gasteiger partial charge in [-0.2, -0.15) is 8.78 Å². The molecule has 3 N–H and O–H groups in total. The molecule has 1 fully saturated rings. The van der Waals surface area contributed by atoms with E-state index in [-0.39, 0.29) is 23.6 Å². The van der Waals surface area contributed by atoms with Gasteiger partial charge in [0.15, 0.2) is 10.8 Å². The van der Waals surface area contributed by atoms with Crippen molar-refractivity contribution in [2.24, 2.45) is 10.1 Å². The molecule has 0 aliphatic carbocycles. The Labute approximate surface area is 206 Å². The lowest BCUT2D eigenvalue weighted by Gasteiger charge is -2.33. The van der Waals surface area contributed by atoms with Gasteiger partial charge < -0.3 is 20.7 Å². The number of nitrogens with zero attached hydrogens (tertiary/aromatic N) is 6. The molecule has 14 heteroatoms. The summed E-state index contributed by atoms with van der Waals surface area (Å²) in [6.45, 7) is -3.33. The van der Waals surface area contributed by atoms with E-state index in [9.17, 15) is 18.3 Å². The number of hydrogen-bond acceptors (Lipinski definition) is 8. The summed E-state index contributed by atoms with van der Waals surface area (Å²) in [5.74, 6) is -0.182. The highest BCUT2D eigenvalue weighted by Gasteiger charge is 2.47. The fraction of sp³-hybridized carbons (Fsp3) is 0.286. The van der Waals surface area contributed by atoms with Gasteiger partial charge >= 0.3 is 6.55 Å². The predicted molar refractivity (Wildman–Crippen MR) is 126 cm³/mol. The summed E-state index contributed by atoms with van der Waals surface area (Å²) in [4.78, 5) is 13.7. The van der Waals surface area contributed by atoms with Crippen molar-refractivity contribution in [3.63, 3.8) is 0 Å². The van der Waals surface area contributed by atoms with Crippen molar-refractivity contribution in [3.05, 3.63) is 84.7 Å². The van der Waals surface area contributed by atoms with Crippen LogP contribution in [0.15, 0.2) is 62.9 Å². The zero-order chi connectivity index (χ0) is 25.2. The first-order valence-electron chi connectivity index (χ1n) is 10.2. The lowest BCUT2D eigenvalue weighted by molar-refractivity contribution is 0.125. The molecule has 182 valence electrons. The second-order valence-corrected chi connectivity index (χ2v) is 9.07. The zero-order valence-electron chi connectivity index (χ0n) is 17.9. The largest absolute Gasteiger partial charge is 0.396 e. The number of halogens is 4. The van der Waals surface area contributed by atoms with Crippen LogP contribution in [0.1, 0.15) is 23.0 Å². The van der Waals surface area contributed by atoms with Gasteiger partial charge in [-0.1, -0.05) is 22.8 Å². The number of rotatable bonds is 8. The average molecular weight is 523 g/mol. The van der Waals surface area contributed by atoms with Crippen LogP contribution < -0.4 is 5.32 Å². The highest BCUT2D eigenvalue weighted by Crippen LogP contribution is 2.47. The number of alkyl halides is 2. The van der Waals surface area contributed by atoms with Gasteiger partial charge in [-0.15, -0.1) is 11.3 Å². The van der Waals surface area contributed by atoms with E-state index in [4.69, 9.17) is 27.5 Å². The van der Waals surface area contributed by atoms with E-state index in [1.165, 1.54) is 23.5 Å². The van der Waals surface area contributed by atoms with Gasteiger partial charge in [-0.05, 0) is 23.2 Å². The molecule has 0 saturated carbocycles. The molecular formula is C21H18ClF3N8OS. The quantitative estimate of drug-likeness (QED) is 0.151. The van der Waals surface area contributed by atoms with E-state index >= 15 is 0 Å². The molecule has 0 bridgehead atoms. The third-order valence-electron chi connectivity index (χ3n) is 5.63. The molecule has 1 saturated heterocycles. The minimum absolute atomic E-state index is 0.0302. The number of aliphatic imine (C=N–C) groups is 1. The van der Waals surface area contributed by atoms with Crippen molar-refractivity contribution >= 4 is 35.0 Å². The predicted octanol–water partition coefficient (Wildman–Crippen LogP) is 4.78. The van der Waals surface area contributed by atoms with Crippen molar-refractivity contribution in [1.82, 2.24) is 15.2 Å². The molecule has 4 rings (SSSR count). The second-order valence-electron chi connectivity index (χ2n) is 7.76. The van der Waals surface area contributed by atoms with Crippen molar-refractivity contribution < 1.29 is 18.3 Å². The molecule has 35 heavy (non-hydrogen) atoms. The number of amidine groups is 1. The SMILES string of the molecule is [N-]=[N+]=N[C@]1(CO)CC2=C(/C(C=N)=C/NC(F)F)[C@H](c3ccc(F)cc3Cl)N=C(c3nccs3)N2C1. The van der Waals surface area contributed by atoms with Gasteiger partial charge in [0, 0.05) is 63.7 Å². The van der Waals surface area contributed by atoms with Crippen LogP contribution in [0.25, 0.3) is 10.4 Å². The van der Waals surface area contributed by atoms with Crippen molar-refractivity contribution in [3.8, 4) is 0 Å². The van der Waals surface area contributed by atoms with Crippen LogP contribution in [0.2, 0.25) is 5.02 Å². The number of nitrogens with one attached hydrogen (secondary N) is 2. The number of thiazole rings is 1. The first-order chi connectivity index (χ1) is 16.8. The molecule has 0 spiro atoms. The van der Waals surface area contributed by atoms with Gasteiger partial charge in [0.05, 0.1) is 12.1 Å². The fourth-order valence-corrected chi connectivity index (χ4v) is 5.05. The first-order valence-corrected chi connectivity index (χ1v) is 11.4. The number of aromatic nitrogens is 1. The highest BCUT2D eigenvalue weighted by molar-refractivity contribution is 7.11. The maximum atomic E-state index is 13.8. The van der Waals surface area contributed by atoms with Crippen molar-refractivity contribution in [2.75, 3.05) is 13.2 Å². The number of aliphatic hydroxyl groups is 1. The van der Waals surface area contributed by atoms with Gasteiger partial charge in [-0.3, -0.25) is 4.99 Å². The maximum Gasteiger partial charge on any atom is 0.312 e. The van der Waals surface area contributed by atoms with E-state index in [1.807, 2.05) is 5.32 Å². The molecule has 2 aromatic rings. The minimum Gasteiger partial charge on any atom is -0.396 e. The van der Waals surface area contributed by atoms with E-state index in [0.29, 0.717) is 27.7 Å². The normalized spacial score (nSPS) is 22.1. The number of aliphatic hydroxyl groups excluding tert-OH is 1. The minimum atomic E-state index is -2.89. The molecule has 1 aromatic heterocycles. The third kappa shape index (κ3) is 4.76. The summed E-state index contributed by atoms with van der Waals surface area (Å²) >= 11 is 7.67. The van der Waals surface area contributed by atoms with Gasteiger partial charge in [0.25, 0.3) is 0 Å². The topological polar surface area (TPSA) is 133 Å². The number of benzene rings is 1. The Bertz CT molecular complexity index is 1280. The molecule has 2 aliphatic rings. The van der Waals surface area contributed by atoms with Crippen LogP contribution in [0, 0.1) is 11.2 Å². The van der Waals surface area contributed by atoms with Crippen LogP contribution in [0.3, 0.4) is 0 Å². The average Bonchev–Trinajstić information content (AvgIpc) is 3.48. The van der Waals surface area contributed by atoms with E-state index in [2.05, 4.69) is 15.0 Å². The molecule has 2 atom stereocenters. The van der Waals surface area contributed by atoms with Crippen LogP contribution >= 0.6 is 22.9 Å². The summed E-state index contributed by atoms with van der Waals surface area (Å²) in [6, 6.07) is 2.82. The summed E-state index contributed by atoms with van der Waals surface area (Å²) < 4.78 is 39.8. The molecule has 0 unspecified atom stereocenters. The van der Waals surface area contributed by atoms with Gasteiger partial charge in [-0.25, -0.2) is 9.37 Å². The molecule has 0 radical (unpaired) electrons. The zero-order valence-corrected chi connectivity index (χ0v) is 19.4. The standard InChI is InChI=1S/C21H18ClF3N8OS/c22-14-5-12(23)1-2-13(14)17-16(11(7-26)8-29-20(24)25)15-6-21(10-34,31-32-27)9-33(15)18(30-17)19-28-3-4-35-19/h1-5,7-8,17,20,26,29,34H,6,9-10H2/b11-8+,26-7?/t17-,21+/m0/s1. The number of fused-ring (bicyclic) bond motifs is 1. The Morgan fingerprint density at radius 1 is 1.51 bits per heavy atom. The van der Waals surface area contributed by atoms with Crippen LogP contribution in [0.4, 0.5) is 13.2 Å². The molecule has 1 aromatic carbocycles. The van der Waals surface area contributed by atoms with E-state index in [0.717, 1.165) is 18.5 Å². The van der Waals surface area contributed by atoms with Crippen molar-refractivity contribution in [2.45, 2.75) is 24.6 Å². The Kier molecular flexibility index (Phi) is 7.13. The summed E-state index contributed by atoms with van der Waals surface area (Å²) in [5, 5.41) is 26.1. The Hall–Kier alpha value is -3.38. The van der Waals surface area contributed by atoms with Gasteiger partial charge in [0.1, 0.15) is 11.9 Å². The second kappa shape index (κ2) is 10.1. The number of hydrogen-bond donors (Lipinski definition) is 3. The molecule has 9 nitrogen and oxygen atoms in total. The fourth-order valence-electron chi connectivity index (χ4n) is 4.14. The Morgan fingerprint density at radius 2 is 2.31 bits per heavy atom. The highest BCUT2D eigenvalue weighted by atomic mass is 35.5. The lowest BCUT2D eigenvalue weighted by atomic mass is 9.88. The smallest absolute Gasteiger partial charge is 0.312 e. The summed E-state index contributed by atoms with van der Waals surface area (Å²) in [5.41, 5.74) is 9.13. The third-order valence-corrected chi connectivity index (χ3v) is 6.73.